The second-order valence-corrected chi connectivity index (χ2v) is 6.79. The zero-order valence-electron chi connectivity index (χ0n) is 11.2. The molecule has 0 atom stereocenters. The van der Waals surface area contributed by atoms with Gasteiger partial charge in [-0.05, 0) is 36.5 Å². The molecule has 0 saturated carbocycles. The van der Waals surface area contributed by atoms with Gasteiger partial charge in [-0.3, -0.25) is 4.72 Å². The van der Waals surface area contributed by atoms with Crippen molar-refractivity contribution in [2.75, 3.05) is 24.1 Å². The molecule has 0 aromatic heterocycles. The minimum Gasteiger partial charge on any atom is -0.465 e. The summed E-state index contributed by atoms with van der Waals surface area (Å²) in [6, 6.07) is 7.27. The number of sulfonamides is 1. The van der Waals surface area contributed by atoms with E-state index in [2.05, 4.69) is 4.72 Å². The highest BCUT2D eigenvalue weighted by atomic mass is 32.2. The fourth-order valence-electron chi connectivity index (χ4n) is 2.44. The number of nitrogens with zero attached hydrogens (tertiary/aromatic N) is 1. The zero-order chi connectivity index (χ0) is 14.8. The average Bonchev–Trinajstić information content (AvgIpc) is 2.38. The van der Waals surface area contributed by atoms with Gasteiger partial charge in [-0.2, -0.15) is 0 Å². The molecule has 0 aliphatic carbocycles. The molecule has 1 heterocycles. The van der Waals surface area contributed by atoms with Gasteiger partial charge in [0, 0.05) is 18.8 Å². The van der Waals surface area contributed by atoms with E-state index in [1.807, 2.05) is 12.1 Å². The molecule has 110 valence electrons. The molecule has 1 aromatic rings. The number of anilines is 1. The minimum atomic E-state index is -3.25. The van der Waals surface area contributed by atoms with E-state index in [4.69, 9.17) is 5.11 Å². The molecule has 2 rings (SSSR count). The van der Waals surface area contributed by atoms with Gasteiger partial charge in [0.1, 0.15) is 0 Å². The molecule has 6 nitrogen and oxygen atoms in total. The van der Waals surface area contributed by atoms with Gasteiger partial charge in [0.15, 0.2) is 0 Å². The standard InChI is InChI=1S/C13H18N2O4S/c1-20(18,19)14-12-4-2-10(3-5-12)11-6-8-15(9-7-11)13(16)17/h2-5,11,14H,6-9H2,1H3,(H,16,17). The van der Waals surface area contributed by atoms with Crippen molar-refractivity contribution >= 4 is 21.8 Å². The predicted octanol–water partition coefficient (Wildman–Crippen LogP) is 1.92. The van der Waals surface area contributed by atoms with Crippen molar-refractivity contribution in [1.29, 1.82) is 0 Å². The first kappa shape index (κ1) is 14.6. The first-order valence-electron chi connectivity index (χ1n) is 6.41. The number of carboxylic acid groups (broad SMARTS) is 1. The largest absolute Gasteiger partial charge is 0.465 e. The molecule has 0 spiro atoms. The van der Waals surface area contributed by atoms with Crippen LogP contribution in [0, 0.1) is 0 Å². The summed E-state index contributed by atoms with van der Waals surface area (Å²) in [7, 11) is -3.25. The van der Waals surface area contributed by atoms with Gasteiger partial charge in [0.25, 0.3) is 0 Å². The molecule has 0 bridgehead atoms. The summed E-state index contributed by atoms with van der Waals surface area (Å²) in [6.45, 7) is 1.09. The number of likely N-dealkylation sites (tertiary alicyclic amines) is 1. The summed E-state index contributed by atoms with van der Waals surface area (Å²) in [5.74, 6) is 0.331. The van der Waals surface area contributed by atoms with Gasteiger partial charge in [-0.15, -0.1) is 0 Å². The minimum absolute atomic E-state index is 0.331. The number of hydrogen-bond acceptors (Lipinski definition) is 3. The third-order valence-electron chi connectivity index (χ3n) is 3.45. The van der Waals surface area contributed by atoms with Crippen molar-refractivity contribution in [1.82, 2.24) is 4.90 Å². The van der Waals surface area contributed by atoms with E-state index in [0.717, 1.165) is 24.7 Å². The predicted molar refractivity (Wildman–Crippen MR) is 76.5 cm³/mol. The average molecular weight is 298 g/mol. The lowest BCUT2D eigenvalue weighted by atomic mass is 9.89. The summed E-state index contributed by atoms with van der Waals surface area (Å²) < 4.78 is 24.6. The van der Waals surface area contributed by atoms with Crippen molar-refractivity contribution in [3.63, 3.8) is 0 Å². The van der Waals surface area contributed by atoms with E-state index in [1.54, 1.807) is 12.1 Å². The number of carbonyl (C=O) groups is 1. The molecule has 20 heavy (non-hydrogen) atoms. The summed E-state index contributed by atoms with van der Waals surface area (Å²) in [5.41, 5.74) is 1.66. The topological polar surface area (TPSA) is 86.7 Å². The molecule has 7 heteroatoms. The van der Waals surface area contributed by atoms with Crippen LogP contribution in [0.3, 0.4) is 0 Å². The van der Waals surface area contributed by atoms with E-state index in [-0.39, 0.29) is 0 Å². The molecule has 1 aliphatic heterocycles. The Morgan fingerprint density at radius 3 is 2.25 bits per heavy atom. The van der Waals surface area contributed by atoms with Crippen LogP contribution in [0.2, 0.25) is 0 Å². The Kier molecular flexibility index (Phi) is 4.17. The molecule has 1 aromatic carbocycles. The molecule has 1 saturated heterocycles. The number of piperidine rings is 1. The Hall–Kier alpha value is -1.76. The highest BCUT2D eigenvalue weighted by molar-refractivity contribution is 7.92. The van der Waals surface area contributed by atoms with Crippen molar-refractivity contribution in [2.24, 2.45) is 0 Å². The quantitative estimate of drug-likeness (QED) is 0.892. The maximum Gasteiger partial charge on any atom is 0.407 e. The Morgan fingerprint density at radius 1 is 1.25 bits per heavy atom. The van der Waals surface area contributed by atoms with Crippen LogP contribution in [0.5, 0.6) is 0 Å². The summed E-state index contributed by atoms with van der Waals surface area (Å²) >= 11 is 0. The van der Waals surface area contributed by atoms with Crippen LogP contribution >= 0.6 is 0 Å². The monoisotopic (exact) mass is 298 g/mol. The maximum absolute atomic E-state index is 11.1. The lowest BCUT2D eigenvalue weighted by molar-refractivity contribution is 0.132. The van der Waals surface area contributed by atoms with E-state index < -0.39 is 16.1 Å². The van der Waals surface area contributed by atoms with Crippen LogP contribution in [0.1, 0.15) is 24.3 Å². The van der Waals surface area contributed by atoms with Gasteiger partial charge in [0.05, 0.1) is 6.26 Å². The fourth-order valence-corrected chi connectivity index (χ4v) is 3.01. The zero-order valence-corrected chi connectivity index (χ0v) is 12.1. The molecule has 1 fully saturated rings. The Morgan fingerprint density at radius 2 is 1.80 bits per heavy atom. The number of nitrogens with one attached hydrogen (secondary N) is 1. The van der Waals surface area contributed by atoms with Crippen molar-refractivity contribution < 1.29 is 18.3 Å². The number of hydrogen-bond donors (Lipinski definition) is 2. The molecule has 2 N–H and O–H groups in total. The van der Waals surface area contributed by atoms with Crippen molar-refractivity contribution in [2.45, 2.75) is 18.8 Å². The highest BCUT2D eigenvalue weighted by Crippen LogP contribution is 2.28. The summed E-state index contributed by atoms with van der Waals surface area (Å²) in [5, 5.41) is 8.90. The summed E-state index contributed by atoms with van der Waals surface area (Å²) in [4.78, 5) is 12.3. The van der Waals surface area contributed by atoms with E-state index in [1.165, 1.54) is 4.90 Å². The molecule has 1 aliphatic rings. The molecule has 1 amide bonds. The van der Waals surface area contributed by atoms with Crippen LogP contribution < -0.4 is 4.72 Å². The third-order valence-corrected chi connectivity index (χ3v) is 4.06. The first-order valence-corrected chi connectivity index (χ1v) is 8.30. The molecule has 0 radical (unpaired) electrons. The SMILES string of the molecule is CS(=O)(=O)Nc1ccc(C2CCN(C(=O)O)CC2)cc1. The Labute approximate surface area is 118 Å². The smallest absolute Gasteiger partial charge is 0.407 e. The fraction of sp³-hybridized carbons (Fsp3) is 0.462. The van der Waals surface area contributed by atoms with Crippen LogP contribution in [0.15, 0.2) is 24.3 Å². The van der Waals surface area contributed by atoms with Crippen LogP contribution in [-0.2, 0) is 10.0 Å². The van der Waals surface area contributed by atoms with Gasteiger partial charge >= 0.3 is 6.09 Å². The number of benzene rings is 1. The lowest BCUT2D eigenvalue weighted by Gasteiger charge is -2.30. The first-order chi connectivity index (χ1) is 9.35. The second kappa shape index (κ2) is 5.70. The van der Waals surface area contributed by atoms with E-state index in [9.17, 15) is 13.2 Å². The van der Waals surface area contributed by atoms with Crippen LogP contribution in [0.25, 0.3) is 0 Å². The van der Waals surface area contributed by atoms with Gasteiger partial charge in [0.2, 0.25) is 10.0 Å². The van der Waals surface area contributed by atoms with Gasteiger partial charge in [-0.1, -0.05) is 12.1 Å². The van der Waals surface area contributed by atoms with Gasteiger partial charge in [-0.25, -0.2) is 13.2 Å². The Bertz CT molecular complexity index is 575. The molecular weight excluding hydrogens is 280 g/mol. The molecule has 0 unspecified atom stereocenters. The second-order valence-electron chi connectivity index (χ2n) is 5.04. The normalized spacial score (nSPS) is 16.9. The van der Waals surface area contributed by atoms with Gasteiger partial charge < -0.3 is 10.0 Å². The number of amides is 1. The van der Waals surface area contributed by atoms with E-state index >= 15 is 0 Å². The number of rotatable bonds is 3. The Balaban J connectivity index is 1.99. The third kappa shape index (κ3) is 3.86. The lowest BCUT2D eigenvalue weighted by Crippen LogP contribution is -2.36. The van der Waals surface area contributed by atoms with E-state index in [0.29, 0.717) is 24.7 Å². The van der Waals surface area contributed by atoms with Crippen molar-refractivity contribution in [3.05, 3.63) is 29.8 Å². The van der Waals surface area contributed by atoms with Crippen LogP contribution in [0.4, 0.5) is 10.5 Å². The maximum atomic E-state index is 11.1. The van der Waals surface area contributed by atoms with Crippen LogP contribution in [-0.4, -0.2) is 43.9 Å². The van der Waals surface area contributed by atoms with Crippen molar-refractivity contribution in [3.8, 4) is 0 Å². The highest BCUT2D eigenvalue weighted by Gasteiger charge is 2.23. The molecular formula is C13H18N2O4S. The summed E-state index contributed by atoms with van der Waals surface area (Å²) in [6.07, 6.45) is 1.84.